The summed E-state index contributed by atoms with van der Waals surface area (Å²) in [5.74, 6) is 6.34. The molecule has 1 heterocycles. The molecular formula is C14H12N2OS. The number of rotatable bonds is 3. The van der Waals surface area contributed by atoms with E-state index in [2.05, 4.69) is 21.8 Å². The van der Waals surface area contributed by atoms with Crippen molar-refractivity contribution in [1.29, 1.82) is 0 Å². The summed E-state index contributed by atoms with van der Waals surface area (Å²) >= 11 is 1.65. The molecule has 90 valence electrons. The molecule has 2 rings (SSSR count). The molecule has 0 atom stereocenters. The summed E-state index contributed by atoms with van der Waals surface area (Å²) in [4.78, 5) is 8.22. The molecule has 0 fully saturated rings. The van der Waals surface area contributed by atoms with Crippen molar-refractivity contribution in [2.75, 3.05) is 6.61 Å². The van der Waals surface area contributed by atoms with Crippen molar-refractivity contribution < 1.29 is 5.11 Å². The van der Waals surface area contributed by atoms with Crippen LogP contribution >= 0.6 is 11.8 Å². The fraction of sp³-hybridized carbons (Fsp3) is 0.143. The Morgan fingerprint density at radius 2 is 2.00 bits per heavy atom. The number of hydrogen-bond donors (Lipinski definition) is 1. The van der Waals surface area contributed by atoms with Crippen LogP contribution in [0.15, 0.2) is 47.9 Å². The van der Waals surface area contributed by atoms with E-state index in [1.54, 1.807) is 30.4 Å². The molecule has 0 aliphatic carbocycles. The number of thioether (sulfide) groups is 1. The van der Waals surface area contributed by atoms with Gasteiger partial charge < -0.3 is 5.11 Å². The Labute approximate surface area is 110 Å². The molecule has 4 heteroatoms. The van der Waals surface area contributed by atoms with Crippen LogP contribution in [0.1, 0.15) is 11.1 Å². The van der Waals surface area contributed by atoms with Crippen LogP contribution in [0.25, 0.3) is 0 Å². The van der Waals surface area contributed by atoms with Gasteiger partial charge in [-0.1, -0.05) is 24.0 Å². The van der Waals surface area contributed by atoms with Crippen molar-refractivity contribution in [1.82, 2.24) is 9.97 Å². The summed E-state index contributed by atoms with van der Waals surface area (Å²) < 4.78 is 0. The van der Waals surface area contributed by atoms with Gasteiger partial charge in [0, 0.05) is 23.7 Å². The molecule has 2 aromatic rings. The Morgan fingerprint density at radius 3 is 2.67 bits per heavy atom. The average Bonchev–Trinajstić information content (AvgIpc) is 2.45. The highest BCUT2D eigenvalue weighted by atomic mass is 32.2. The molecule has 1 aromatic carbocycles. The quantitative estimate of drug-likeness (QED) is 0.675. The van der Waals surface area contributed by atoms with E-state index in [4.69, 9.17) is 5.11 Å². The first-order chi connectivity index (χ1) is 8.88. The van der Waals surface area contributed by atoms with E-state index in [0.29, 0.717) is 0 Å². The van der Waals surface area contributed by atoms with Gasteiger partial charge >= 0.3 is 0 Å². The number of aliphatic hydroxyl groups excluding tert-OH is 1. The zero-order valence-corrected chi connectivity index (χ0v) is 10.5. The van der Waals surface area contributed by atoms with Crippen LogP contribution in [0, 0.1) is 11.8 Å². The predicted octanol–water partition coefficient (Wildman–Crippen LogP) is 2.11. The minimum absolute atomic E-state index is 0.107. The van der Waals surface area contributed by atoms with Crippen molar-refractivity contribution in [2.24, 2.45) is 0 Å². The zero-order chi connectivity index (χ0) is 12.6. The second kappa shape index (κ2) is 6.80. The average molecular weight is 256 g/mol. The number of benzene rings is 1. The number of aromatic nitrogens is 2. The minimum atomic E-state index is -0.107. The van der Waals surface area contributed by atoms with Gasteiger partial charge in [0.1, 0.15) is 11.6 Å². The molecule has 0 amide bonds. The van der Waals surface area contributed by atoms with E-state index in [9.17, 15) is 0 Å². The fourth-order valence-electron chi connectivity index (χ4n) is 1.34. The highest BCUT2D eigenvalue weighted by molar-refractivity contribution is 7.98. The molecule has 0 spiro atoms. The van der Waals surface area contributed by atoms with Crippen LogP contribution in [-0.2, 0) is 5.75 Å². The maximum absolute atomic E-state index is 8.60. The zero-order valence-electron chi connectivity index (χ0n) is 9.71. The Balaban J connectivity index is 1.94. The number of aliphatic hydroxyl groups is 1. The molecule has 0 bridgehead atoms. The van der Waals surface area contributed by atoms with Gasteiger partial charge in [0.15, 0.2) is 0 Å². The molecule has 3 nitrogen and oxygen atoms in total. The van der Waals surface area contributed by atoms with E-state index in [0.717, 1.165) is 16.3 Å². The normalized spacial score (nSPS) is 9.61. The third-order valence-electron chi connectivity index (χ3n) is 2.19. The first kappa shape index (κ1) is 12.6. The lowest BCUT2D eigenvalue weighted by atomic mass is 10.1. The lowest BCUT2D eigenvalue weighted by Gasteiger charge is -2.00. The number of nitrogens with zero attached hydrogens (tertiary/aromatic N) is 2. The molecule has 0 radical (unpaired) electrons. The molecule has 18 heavy (non-hydrogen) atoms. The molecule has 0 aliphatic rings. The standard InChI is InChI=1S/C14H12N2OS/c17-9-1-2-12-3-5-13(6-4-12)11-18-14-10-15-7-8-16-14/h3-8,10,17H,9,11H2. The van der Waals surface area contributed by atoms with Crippen LogP contribution in [-0.4, -0.2) is 21.7 Å². The SMILES string of the molecule is OCC#Cc1ccc(CSc2cnccn2)cc1. The molecule has 1 N–H and O–H groups in total. The maximum Gasteiger partial charge on any atom is 0.115 e. The Kier molecular flexibility index (Phi) is 4.77. The van der Waals surface area contributed by atoms with Crippen molar-refractivity contribution in [2.45, 2.75) is 10.8 Å². The van der Waals surface area contributed by atoms with E-state index in [-0.39, 0.29) is 6.61 Å². The van der Waals surface area contributed by atoms with Crippen molar-refractivity contribution >= 4 is 11.8 Å². The highest BCUT2D eigenvalue weighted by Crippen LogP contribution is 2.19. The topological polar surface area (TPSA) is 46.0 Å². The van der Waals surface area contributed by atoms with Crippen LogP contribution < -0.4 is 0 Å². The highest BCUT2D eigenvalue weighted by Gasteiger charge is 1.97. The Morgan fingerprint density at radius 1 is 1.17 bits per heavy atom. The van der Waals surface area contributed by atoms with Gasteiger partial charge in [-0.2, -0.15) is 0 Å². The largest absolute Gasteiger partial charge is 0.384 e. The summed E-state index contributed by atoms with van der Waals surface area (Å²) in [6.45, 7) is -0.107. The van der Waals surface area contributed by atoms with Gasteiger partial charge in [-0.15, -0.1) is 11.8 Å². The minimum Gasteiger partial charge on any atom is -0.384 e. The molecule has 0 saturated carbocycles. The summed E-state index contributed by atoms with van der Waals surface area (Å²) in [5.41, 5.74) is 2.12. The Hall–Kier alpha value is -1.83. The van der Waals surface area contributed by atoms with Gasteiger partial charge in [-0.3, -0.25) is 4.98 Å². The van der Waals surface area contributed by atoms with Crippen LogP contribution in [0.2, 0.25) is 0 Å². The summed E-state index contributed by atoms with van der Waals surface area (Å²) in [6.07, 6.45) is 5.11. The monoisotopic (exact) mass is 256 g/mol. The van der Waals surface area contributed by atoms with E-state index < -0.39 is 0 Å². The molecule has 0 unspecified atom stereocenters. The fourth-order valence-corrected chi connectivity index (χ4v) is 2.12. The molecular weight excluding hydrogens is 244 g/mol. The Bertz CT molecular complexity index is 544. The van der Waals surface area contributed by atoms with Gasteiger partial charge in [0.25, 0.3) is 0 Å². The molecule has 1 aromatic heterocycles. The second-order valence-corrected chi connectivity index (χ2v) is 4.48. The molecule has 0 saturated heterocycles. The van der Waals surface area contributed by atoms with E-state index >= 15 is 0 Å². The predicted molar refractivity (Wildman–Crippen MR) is 72.0 cm³/mol. The van der Waals surface area contributed by atoms with Crippen molar-refractivity contribution in [3.63, 3.8) is 0 Å². The smallest absolute Gasteiger partial charge is 0.115 e. The van der Waals surface area contributed by atoms with Gasteiger partial charge in [-0.25, -0.2) is 4.98 Å². The van der Waals surface area contributed by atoms with Gasteiger partial charge in [0.05, 0.1) is 6.20 Å². The summed E-state index contributed by atoms with van der Waals surface area (Å²) in [7, 11) is 0. The van der Waals surface area contributed by atoms with Crippen LogP contribution in [0.4, 0.5) is 0 Å². The van der Waals surface area contributed by atoms with Gasteiger partial charge in [0.2, 0.25) is 0 Å². The molecule has 0 aliphatic heterocycles. The second-order valence-electron chi connectivity index (χ2n) is 3.49. The third kappa shape index (κ3) is 3.88. The van der Waals surface area contributed by atoms with Crippen LogP contribution in [0.3, 0.4) is 0 Å². The lowest BCUT2D eigenvalue weighted by molar-refractivity contribution is 0.350. The van der Waals surface area contributed by atoms with Crippen LogP contribution in [0.5, 0.6) is 0 Å². The van der Waals surface area contributed by atoms with E-state index in [1.807, 2.05) is 24.3 Å². The first-order valence-corrected chi connectivity index (χ1v) is 6.44. The lowest BCUT2D eigenvalue weighted by Crippen LogP contribution is -1.84. The van der Waals surface area contributed by atoms with Gasteiger partial charge in [-0.05, 0) is 17.7 Å². The third-order valence-corrected chi connectivity index (χ3v) is 3.18. The first-order valence-electron chi connectivity index (χ1n) is 5.46. The van der Waals surface area contributed by atoms with Crippen molar-refractivity contribution in [3.8, 4) is 11.8 Å². The van der Waals surface area contributed by atoms with E-state index in [1.165, 1.54) is 5.56 Å². The summed E-state index contributed by atoms with van der Waals surface area (Å²) in [5, 5.41) is 9.52. The summed E-state index contributed by atoms with van der Waals surface area (Å²) in [6, 6.07) is 7.97. The maximum atomic E-state index is 8.60. The number of hydrogen-bond acceptors (Lipinski definition) is 4. The van der Waals surface area contributed by atoms with Crippen molar-refractivity contribution in [3.05, 3.63) is 54.0 Å².